The lowest BCUT2D eigenvalue weighted by Crippen LogP contribution is -2.14. The van der Waals surface area contributed by atoms with E-state index >= 15 is 0 Å². The van der Waals surface area contributed by atoms with Crippen molar-refractivity contribution in [3.05, 3.63) is 34.9 Å². The van der Waals surface area contributed by atoms with Gasteiger partial charge in [-0.25, -0.2) is 0 Å². The number of hydrogen-bond donors (Lipinski definition) is 2. The van der Waals surface area contributed by atoms with E-state index in [1.807, 2.05) is 0 Å². The van der Waals surface area contributed by atoms with Crippen LogP contribution in [0.2, 0.25) is 5.02 Å². The van der Waals surface area contributed by atoms with Crippen molar-refractivity contribution in [1.82, 2.24) is 5.48 Å². The average molecular weight is 185 g/mol. The molecular formula is C8H9ClN2O. The molecule has 1 aromatic rings. The number of halogens is 1. The van der Waals surface area contributed by atoms with Gasteiger partial charge in [-0.15, -0.1) is 0 Å². The monoisotopic (exact) mass is 184 g/mol. The summed E-state index contributed by atoms with van der Waals surface area (Å²) in [6.07, 6.45) is 0. The van der Waals surface area contributed by atoms with Crippen LogP contribution in [0.15, 0.2) is 24.3 Å². The molecule has 0 saturated heterocycles. The van der Waals surface area contributed by atoms with Crippen LogP contribution in [0.4, 0.5) is 0 Å². The molecule has 1 aromatic carbocycles. The molecule has 0 aliphatic heterocycles. The Balaban J connectivity index is 2.75. The molecule has 12 heavy (non-hydrogen) atoms. The molecular weight excluding hydrogens is 176 g/mol. The third-order valence-corrected chi connectivity index (χ3v) is 1.56. The topological polar surface area (TPSA) is 45.1 Å². The Morgan fingerprint density at radius 1 is 1.42 bits per heavy atom. The molecule has 0 saturated carbocycles. The minimum Gasteiger partial charge on any atom is -0.389 e. The molecule has 0 fully saturated rings. The van der Waals surface area contributed by atoms with Crippen molar-refractivity contribution < 1.29 is 4.84 Å². The second-order valence-electron chi connectivity index (χ2n) is 2.14. The zero-order valence-electron chi connectivity index (χ0n) is 6.60. The molecule has 0 heterocycles. The Hall–Kier alpha value is -1.06. The second kappa shape index (κ2) is 4.09. The summed E-state index contributed by atoms with van der Waals surface area (Å²) in [6, 6.07) is 6.87. The maximum absolute atomic E-state index is 7.37. The first kappa shape index (κ1) is 9.03. The highest BCUT2D eigenvalue weighted by Crippen LogP contribution is 2.09. The third kappa shape index (κ3) is 2.22. The molecule has 0 atom stereocenters. The van der Waals surface area contributed by atoms with Gasteiger partial charge in [0.2, 0.25) is 5.90 Å². The molecule has 2 N–H and O–H groups in total. The lowest BCUT2D eigenvalue weighted by atomic mass is 10.2. The molecule has 0 radical (unpaired) electrons. The van der Waals surface area contributed by atoms with E-state index in [1.54, 1.807) is 31.3 Å². The summed E-state index contributed by atoms with van der Waals surface area (Å²) in [7, 11) is 1.60. The van der Waals surface area contributed by atoms with Crippen LogP contribution < -0.4 is 5.48 Å². The first-order valence-electron chi connectivity index (χ1n) is 3.42. The summed E-state index contributed by atoms with van der Waals surface area (Å²) >= 11 is 5.67. The highest BCUT2D eigenvalue weighted by atomic mass is 35.5. The van der Waals surface area contributed by atoms with Crippen LogP contribution in [0.25, 0.3) is 0 Å². The van der Waals surface area contributed by atoms with Crippen LogP contribution >= 0.6 is 11.6 Å². The smallest absolute Gasteiger partial charge is 0.237 e. The zero-order valence-corrected chi connectivity index (χ0v) is 7.35. The SMILES string of the molecule is CNOC(=N)c1ccc(Cl)cc1. The molecule has 3 nitrogen and oxygen atoms in total. The van der Waals surface area contributed by atoms with Crippen molar-refractivity contribution in [3.63, 3.8) is 0 Å². The van der Waals surface area contributed by atoms with Crippen molar-refractivity contribution in [3.8, 4) is 0 Å². The number of nitrogens with one attached hydrogen (secondary N) is 2. The average Bonchev–Trinajstić information content (AvgIpc) is 2.06. The van der Waals surface area contributed by atoms with E-state index in [2.05, 4.69) is 5.48 Å². The molecule has 0 spiro atoms. The van der Waals surface area contributed by atoms with Gasteiger partial charge in [0.05, 0.1) is 0 Å². The fourth-order valence-electron chi connectivity index (χ4n) is 0.762. The quantitative estimate of drug-likeness (QED) is 0.418. The summed E-state index contributed by atoms with van der Waals surface area (Å²) in [5, 5.41) is 8.02. The van der Waals surface area contributed by atoms with Crippen molar-refractivity contribution in [2.75, 3.05) is 7.05 Å². The molecule has 0 aliphatic carbocycles. The maximum atomic E-state index is 7.37. The van der Waals surface area contributed by atoms with E-state index < -0.39 is 0 Å². The van der Waals surface area contributed by atoms with Crippen molar-refractivity contribution >= 4 is 17.5 Å². The van der Waals surface area contributed by atoms with Gasteiger partial charge in [0.1, 0.15) is 0 Å². The van der Waals surface area contributed by atoms with Crippen molar-refractivity contribution in [2.24, 2.45) is 0 Å². The molecule has 0 aliphatic rings. The van der Waals surface area contributed by atoms with Crippen LogP contribution in [0.3, 0.4) is 0 Å². The van der Waals surface area contributed by atoms with Crippen LogP contribution in [-0.4, -0.2) is 12.9 Å². The fraction of sp³-hybridized carbons (Fsp3) is 0.125. The summed E-state index contributed by atoms with van der Waals surface area (Å²) in [5.74, 6) is 0.0779. The Morgan fingerprint density at radius 2 is 2.00 bits per heavy atom. The van der Waals surface area contributed by atoms with Gasteiger partial charge >= 0.3 is 0 Å². The predicted molar refractivity (Wildman–Crippen MR) is 48.4 cm³/mol. The Morgan fingerprint density at radius 3 is 2.50 bits per heavy atom. The summed E-state index contributed by atoms with van der Waals surface area (Å²) < 4.78 is 0. The molecule has 1 rings (SSSR count). The van der Waals surface area contributed by atoms with Crippen molar-refractivity contribution in [1.29, 1.82) is 5.41 Å². The number of hydrogen-bond acceptors (Lipinski definition) is 3. The van der Waals surface area contributed by atoms with Gasteiger partial charge in [-0.1, -0.05) is 11.6 Å². The summed E-state index contributed by atoms with van der Waals surface area (Å²) in [4.78, 5) is 4.76. The van der Waals surface area contributed by atoms with Gasteiger partial charge < -0.3 is 4.84 Å². The van der Waals surface area contributed by atoms with Gasteiger partial charge in [-0.05, 0) is 24.3 Å². The largest absolute Gasteiger partial charge is 0.389 e. The predicted octanol–water partition coefficient (Wildman–Crippen LogP) is 1.82. The Labute approximate surface area is 75.8 Å². The molecule has 64 valence electrons. The lowest BCUT2D eigenvalue weighted by molar-refractivity contribution is 0.208. The van der Waals surface area contributed by atoms with E-state index in [1.165, 1.54) is 0 Å². The molecule has 0 unspecified atom stereocenters. The number of benzene rings is 1. The van der Waals surface area contributed by atoms with Crippen molar-refractivity contribution in [2.45, 2.75) is 0 Å². The standard InChI is InChI=1S/C8H9ClN2O/c1-11-12-8(10)6-2-4-7(9)5-3-6/h2-5,10-11H,1H3. The van der Waals surface area contributed by atoms with Gasteiger partial charge in [0.25, 0.3) is 0 Å². The number of hydroxylamine groups is 1. The molecule has 0 aromatic heterocycles. The summed E-state index contributed by atoms with van der Waals surface area (Å²) in [5.41, 5.74) is 3.11. The zero-order chi connectivity index (χ0) is 8.97. The molecule has 0 amide bonds. The lowest BCUT2D eigenvalue weighted by Gasteiger charge is -2.03. The van der Waals surface area contributed by atoms with E-state index in [0.29, 0.717) is 10.6 Å². The number of rotatable bonds is 2. The fourth-order valence-corrected chi connectivity index (χ4v) is 0.888. The maximum Gasteiger partial charge on any atom is 0.237 e. The van der Waals surface area contributed by atoms with E-state index in [0.717, 1.165) is 0 Å². The second-order valence-corrected chi connectivity index (χ2v) is 2.58. The van der Waals surface area contributed by atoms with Crippen LogP contribution in [0.1, 0.15) is 5.56 Å². The first-order valence-corrected chi connectivity index (χ1v) is 3.80. The van der Waals surface area contributed by atoms with Crippen LogP contribution in [0, 0.1) is 5.41 Å². The normalized spacial score (nSPS) is 9.50. The van der Waals surface area contributed by atoms with Gasteiger partial charge in [0.15, 0.2) is 0 Å². The van der Waals surface area contributed by atoms with E-state index in [4.69, 9.17) is 21.8 Å². The minimum atomic E-state index is 0.0779. The Bertz CT molecular complexity index is 271. The van der Waals surface area contributed by atoms with E-state index in [-0.39, 0.29) is 5.90 Å². The van der Waals surface area contributed by atoms with Gasteiger partial charge in [0, 0.05) is 17.6 Å². The van der Waals surface area contributed by atoms with E-state index in [9.17, 15) is 0 Å². The van der Waals surface area contributed by atoms with Gasteiger partial charge in [-0.2, -0.15) is 5.48 Å². The molecule has 4 heteroatoms. The Kier molecular flexibility index (Phi) is 3.08. The highest BCUT2D eigenvalue weighted by Gasteiger charge is 2.00. The van der Waals surface area contributed by atoms with Gasteiger partial charge in [-0.3, -0.25) is 5.41 Å². The first-order chi connectivity index (χ1) is 5.74. The third-order valence-electron chi connectivity index (χ3n) is 1.31. The van der Waals surface area contributed by atoms with Crippen LogP contribution in [0.5, 0.6) is 0 Å². The molecule has 0 bridgehead atoms. The minimum absolute atomic E-state index is 0.0779. The summed E-state index contributed by atoms with van der Waals surface area (Å²) in [6.45, 7) is 0. The van der Waals surface area contributed by atoms with Crippen LogP contribution in [-0.2, 0) is 4.84 Å². The highest BCUT2D eigenvalue weighted by molar-refractivity contribution is 6.30.